The molecule has 1 aliphatic carbocycles. The summed E-state index contributed by atoms with van der Waals surface area (Å²) < 4.78 is 57.9. The summed E-state index contributed by atoms with van der Waals surface area (Å²) in [4.78, 5) is 14.4. The molecule has 0 aromatic carbocycles. The van der Waals surface area contributed by atoms with Gasteiger partial charge in [0.05, 0.1) is 36.8 Å². The summed E-state index contributed by atoms with van der Waals surface area (Å²) in [5.41, 5.74) is 6.31. The first-order chi connectivity index (χ1) is 18.1. The first-order valence-corrected chi connectivity index (χ1v) is 12.4. The van der Waals surface area contributed by atoms with Crippen LogP contribution in [0.4, 0.5) is 29.2 Å². The second kappa shape index (κ2) is 10.2. The Morgan fingerprint density at radius 3 is 2.76 bits per heavy atom. The topological polar surface area (TPSA) is 106 Å². The zero-order chi connectivity index (χ0) is 27.0. The number of fused-ring (bicyclic) bond motifs is 1. The van der Waals surface area contributed by atoms with Gasteiger partial charge in [0.15, 0.2) is 0 Å². The molecule has 0 radical (unpaired) electrons. The number of pyridine rings is 1. The van der Waals surface area contributed by atoms with Gasteiger partial charge in [-0.2, -0.15) is 23.4 Å². The molecule has 4 N–H and O–H groups in total. The molecule has 2 atom stereocenters. The van der Waals surface area contributed by atoms with Gasteiger partial charge in [-0.25, -0.2) is 13.6 Å². The minimum absolute atomic E-state index is 0.0629. The molecule has 5 rings (SSSR count). The van der Waals surface area contributed by atoms with Crippen LogP contribution in [0.25, 0.3) is 5.52 Å². The number of nitrogens with two attached hydrogens (primary N) is 1. The van der Waals surface area contributed by atoms with Gasteiger partial charge in [-0.05, 0) is 44.4 Å². The lowest BCUT2D eigenvalue weighted by molar-refractivity contribution is -0.127. The number of anilines is 2. The molecule has 13 heteroatoms. The van der Waals surface area contributed by atoms with Crippen LogP contribution in [0.5, 0.6) is 0 Å². The van der Waals surface area contributed by atoms with Crippen molar-refractivity contribution in [2.24, 2.45) is 0 Å². The zero-order valence-electron chi connectivity index (χ0n) is 20.7. The van der Waals surface area contributed by atoms with Crippen LogP contribution in [-0.2, 0) is 6.42 Å². The lowest BCUT2D eigenvalue weighted by Gasteiger charge is -2.33. The smallest absolute Gasteiger partial charge is 0.383 e. The van der Waals surface area contributed by atoms with Gasteiger partial charge >= 0.3 is 6.18 Å². The molecule has 1 saturated heterocycles. The van der Waals surface area contributed by atoms with Gasteiger partial charge in [-0.3, -0.25) is 4.79 Å². The SMILES string of the molecule is CN1CC[C@@H](Nc2cccc3c(CC(F)(F)F)c(C#CCNC(=O)c4cnn(C5CC5)c4N)nn23)[C@@H](F)C1. The molecule has 3 aromatic rings. The quantitative estimate of drug-likeness (QED) is 0.333. The molecule has 3 aromatic heterocycles. The van der Waals surface area contributed by atoms with Crippen LogP contribution in [0, 0.1) is 11.8 Å². The van der Waals surface area contributed by atoms with Crippen molar-refractivity contribution in [1.82, 2.24) is 29.6 Å². The van der Waals surface area contributed by atoms with Crippen LogP contribution in [0.15, 0.2) is 24.4 Å². The molecule has 1 aliphatic heterocycles. The number of hydrogen-bond donors (Lipinski definition) is 3. The summed E-state index contributed by atoms with van der Waals surface area (Å²) >= 11 is 0. The van der Waals surface area contributed by atoms with E-state index in [1.807, 2.05) is 11.9 Å². The number of carbonyl (C=O) groups is 1. The Morgan fingerprint density at radius 1 is 1.26 bits per heavy atom. The van der Waals surface area contributed by atoms with Crippen molar-refractivity contribution >= 4 is 23.1 Å². The second-order valence-electron chi connectivity index (χ2n) is 9.75. The number of carbonyl (C=O) groups excluding carboxylic acids is 1. The fourth-order valence-electron chi connectivity index (χ4n) is 4.62. The number of nitrogen functional groups attached to an aromatic ring is 1. The Hall–Kier alpha value is -3.79. The number of aromatic nitrogens is 4. The van der Waals surface area contributed by atoms with E-state index >= 15 is 0 Å². The fourth-order valence-corrected chi connectivity index (χ4v) is 4.62. The van der Waals surface area contributed by atoms with Crippen LogP contribution >= 0.6 is 0 Å². The van der Waals surface area contributed by atoms with Crippen molar-refractivity contribution in [3.63, 3.8) is 0 Å². The van der Waals surface area contributed by atoms with E-state index in [4.69, 9.17) is 5.73 Å². The Morgan fingerprint density at radius 2 is 2.05 bits per heavy atom. The van der Waals surface area contributed by atoms with Crippen LogP contribution in [0.2, 0.25) is 0 Å². The summed E-state index contributed by atoms with van der Waals surface area (Å²) in [6.45, 7) is 0.833. The van der Waals surface area contributed by atoms with E-state index in [1.54, 1.807) is 16.8 Å². The van der Waals surface area contributed by atoms with Gasteiger partial charge in [0.2, 0.25) is 0 Å². The van der Waals surface area contributed by atoms with Gasteiger partial charge in [0, 0.05) is 18.7 Å². The number of rotatable bonds is 6. The molecular weight excluding hydrogens is 504 g/mol. The third-order valence-corrected chi connectivity index (χ3v) is 6.73. The maximum absolute atomic E-state index is 14.6. The molecule has 0 spiro atoms. The fraction of sp³-hybridized carbons (Fsp3) is 0.480. The molecule has 1 saturated carbocycles. The minimum Gasteiger partial charge on any atom is -0.383 e. The Bertz CT molecular complexity index is 1400. The first-order valence-electron chi connectivity index (χ1n) is 12.4. The first kappa shape index (κ1) is 25.8. The van der Waals surface area contributed by atoms with E-state index in [-0.39, 0.29) is 47.3 Å². The summed E-state index contributed by atoms with van der Waals surface area (Å²) in [6.07, 6.45) is -3.01. The highest BCUT2D eigenvalue weighted by atomic mass is 19.4. The molecule has 4 heterocycles. The normalized spacial score (nSPS) is 20.2. The van der Waals surface area contributed by atoms with Crippen molar-refractivity contribution in [3.8, 4) is 11.8 Å². The number of halogens is 4. The zero-order valence-corrected chi connectivity index (χ0v) is 20.7. The van der Waals surface area contributed by atoms with Gasteiger partial charge < -0.3 is 21.3 Å². The summed E-state index contributed by atoms with van der Waals surface area (Å²) in [5.74, 6) is 5.53. The molecule has 0 bridgehead atoms. The Balaban J connectivity index is 1.36. The van der Waals surface area contributed by atoms with Crippen molar-refractivity contribution in [3.05, 3.63) is 41.2 Å². The van der Waals surface area contributed by atoms with Gasteiger partial charge in [0.1, 0.15) is 29.1 Å². The van der Waals surface area contributed by atoms with E-state index in [9.17, 15) is 22.4 Å². The molecule has 2 aliphatic rings. The summed E-state index contributed by atoms with van der Waals surface area (Å²) in [5, 5.41) is 14.2. The number of nitrogens with one attached hydrogen (secondary N) is 2. The van der Waals surface area contributed by atoms with E-state index in [2.05, 4.69) is 32.7 Å². The predicted octanol–water partition coefficient (Wildman–Crippen LogP) is 2.79. The van der Waals surface area contributed by atoms with Gasteiger partial charge in [-0.1, -0.05) is 12.0 Å². The molecule has 2 fully saturated rings. The monoisotopic (exact) mass is 532 g/mol. The van der Waals surface area contributed by atoms with Crippen LogP contribution in [0.3, 0.4) is 0 Å². The largest absolute Gasteiger partial charge is 0.393 e. The van der Waals surface area contributed by atoms with E-state index in [1.165, 1.54) is 16.8 Å². The molecule has 0 unspecified atom stereocenters. The second-order valence-corrected chi connectivity index (χ2v) is 9.75. The lowest BCUT2D eigenvalue weighted by Crippen LogP contribution is -2.46. The van der Waals surface area contributed by atoms with Gasteiger partial charge in [-0.15, -0.1) is 0 Å². The van der Waals surface area contributed by atoms with Crippen molar-refractivity contribution in [2.45, 2.75) is 50.1 Å². The number of likely N-dealkylation sites (tertiary alicyclic amines) is 1. The standard InChI is InChI=1S/C25H28F4N8O/c1-35-11-9-20(18(26)14-35)33-22-6-2-5-21-16(12-25(27,28)29)19(34-37(21)22)4-3-10-31-24(38)17-13-32-36(23(17)30)15-7-8-15/h2,5-6,13,15,18,20,33H,7-12,14,30H2,1H3,(H,31,38)/t18-,20+/m0/s1. The van der Waals surface area contributed by atoms with Crippen molar-refractivity contribution < 1.29 is 22.4 Å². The van der Waals surface area contributed by atoms with Crippen molar-refractivity contribution in [2.75, 3.05) is 37.7 Å². The highest BCUT2D eigenvalue weighted by Gasteiger charge is 2.33. The number of alkyl halides is 4. The third-order valence-electron chi connectivity index (χ3n) is 6.73. The van der Waals surface area contributed by atoms with E-state index < -0.39 is 30.7 Å². The molecule has 38 heavy (non-hydrogen) atoms. The predicted molar refractivity (Wildman–Crippen MR) is 133 cm³/mol. The molecule has 1 amide bonds. The van der Waals surface area contributed by atoms with Crippen LogP contribution < -0.4 is 16.4 Å². The maximum Gasteiger partial charge on any atom is 0.393 e. The van der Waals surface area contributed by atoms with E-state index in [0.717, 1.165) is 12.8 Å². The van der Waals surface area contributed by atoms with Gasteiger partial charge in [0.25, 0.3) is 5.91 Å². The number of hydrogen-bond acceptors (Lipinski definition) is 6. The Kier molecular flexibility index (Phi) is 6.92. The number of piperidine rings is 1. The minimum atomic E-state index is -4.49. The average Bonchev–Trinajstić information content (AvgIpc) is 3.53. The highest BCUT2D eigenvalue weighted by molar-refractivity contribution is 5.98. The number of nitrogens with zero attached hydrogens (tertiary/aromatic N) is 5. The van der Waals surface area contributed by atoms with E-state index in [0.29, 0.717) is 18.8 Å². The number of amides is 1. The summed E-state index contributed by atoms with van der Waals surface area (Å²) in [6, 6.07) is 4.49. The molecular formula is C25H28F4N8O. The molecule has 9 nitrogen and oxygen atoms in total. The highest BCUT2D eigenvalue weighted by Crippen LogP contribution is 2.36. The summed E-state index contributed by atoms with van der Waals surface area (Å²) in [7, 11) is 1.84. The lowest BCUT2D eigenvalue weighted by atomic mass is 10.0. The Labute approximate surface area is 216 Å². The third kappa shape index (κ3) is 5.55. The molecule has 202 valence electrons. The average molecular weight is 533 g/mol. The van der Waals surface area contributed by atoms with Crippen molar-refractivity contribution in [1.29, 1.82) is 0 Å². The maximum atomic E-state index is 14.6. The van der Waals surface area contributed by atoms with Crippen LogP contribution in [0.1, 0.15) is 46.9 Å². The van der Waals surface area contributed by atoms with Crippen LogP contribution in [-0.4, -0.2) is 75.3 Å².